The van der Waals surface area contributed by atoms with Crippen LogP contribution in [-0.2, 0) is 16.6 Å². The Hall–Kier alpha value is -4.39. The molecule has 1 unspecified atom stereocenters. The number of benzene rings is 3. The van der Waals surface area contributed by atoms with E-state index in [-0.39, 0.29) is 43.5 Å². The number of nitrogens with two attached hydrogens (primary N) is 4. The average Bonchev–Trinajstić information content (AvgIpc) is 3.43. The van der Waals surface area contributed by atoms with E-state index in [0.29, 0.717) is 33.9 Å². The Labute approximate surface area is 243 Å². The summed E-state index contributed by atoms with van der Waals surface area (Å²) in [6.07, 6.45) is 2.00. The molecule has 1 fully saturated rings. The van der Waals surface area contributed by atoms with E-state index in [0.717, 1.165) is 5.56 Å². The van der Waals surface area contributed by atoms with Crippen molar-refractivity contribution in [2.45, 2.75) is 19.0 Å². The van der Waals surface area contributed by atoms with Gasteiger partial charge < -0.3 is 27.8 Å². The van der Waals surface area contributed by atoms with Crippen molar-refractivity contribution >= 4 is 56.9 Å². The van der Waals surface area contributed by atoms with Gasteiger partial charge in [-0.15, -0.1) is 0 Å². The monoisotopic (exact) mass is 594 g/mol. The third-order valence-electron chi connectivity index (χ3n) is 6.41. The summed E-state index contributed by atoms with van der Waals surface area (Å²) in [4.78, 5) is 23.5. The van der Waals surface area contributed by atoms with Crippen molar-refractivity contribution in [2.24, 2.45) is 32.9 Å². The number of nitrogens with zero attached hydrogens (tertiary/aromatic N) is 4. The van der Waals surface area contributed by atoms with E-state index in [1.807, 2.05) is 12.1 Å². The van der Waals surface area contributed by atoms with E-state index in [1.165, 1.54) is 15.8 Å². The molecule has 0 radical (unpaired) electrons. The Morgan fingerprint density at radius 1 is 0.902 bits per heavy atom. The normalized spacial score (nSPS) is 15.5. The highest BCUT2D eigenvalue weighted by Gasteiger charge is 2.35. The zero-order valence-corrected chi connectivity index (χ0v) is 23.7. The Morgan fingerprint density at radius 3 is 2.02 bits per heavy atom. The van der Waals surface area contributed by atoms with Gasteiger partial charge in [0.2, 0.25) is 10.0 Å². The molecule has 1 heterocycles. The fourth-order valence-electron chi connectivity index (χ4n) is 4.40. The highest BCUT2D eigenvalue weighted by atomic mass is 35.5. The summed E-state index contributed by atoms with van der Waals surface area (Å²) in [6, 6.07) is 20.2. The molecule has 0 aromatic heterocycles. The van der Waals surface area contributed by atoms with Gasteiger partial charge in [-0.25, -0.2) is 18.4 Å². The molecule has 0 spiro atoms. The molecule has 11 nitrogen and oxygen atoms in total. The standard InChI is InChI=1S/C28H31ClN8O3S/c29-22-7-1-19(2-8-22)14-16-41(39,40)36-15-13-25(18-36)37(17-20-3-9-23(10-4-20)34-27(30)31)26(38)21-5-11-24(12-6-21)35-28(32)33/h1-12,14,16,25H,13,15,17-18H2,(H4,30,31,34)(H4,32,33,35)/b16-14+. The fraction of sp³-hybridized carbons (Fsp3) is 0.179. The van der Waals surface area contributed by atoms with Gasteiger partial charge in [0.1, 0.15) is 0 Å². The zero-order valence-electron chi connectivity index (χ0n) is 22.1. The molecule has 3 aromatic carbocycles. The number of hydrogen-bond donors (Lipinski definition) is 4. The molecule has 1 aliphatic rings. The number of halogens is 1. The number of hydrogen-bond acceptors (Lipinski definition) is 5. The van der Waals surface area contributed by atoms with E-state index >= 15 is 0 Å². The molecule has 0 saturated carbocycles. The van der Waals surface area contributed by atoms with E-state index in [9.17, 15) is 13.2 Å². The van der Waals surface area contributed by atoms with E-state index in [1.54, 1.807) is 65.6 Å². The van der Waals surface area contributed by atoms with Gasteiger partial charge in [0.25, 0.3) is 5.91 Å². The first kappa shape index (κ1) is 29.6. The van der Waals surface area contributed by atoms with Gasteiger partial charge in [-0.1, -0.05) is 35.9 Å². The maximum atomic E-state index is 13.8. The number of sulfonamides is 1. The van der Waals surface area contributed by atoms with Crippen LogP contribution in [0.3, 0.4) is 0 Å². The number of rotatable bonds is 9. The first-order valence-corrected chi connectivity index (χ1v) is 14.5. The summed E-state index contributed by atoms with van der Waals surface area (Å²) < 4.78 is 27.7. The van der Waals surface area contributed by atoms with Gasteiger partial charge in [0, 0.05) is 41.7 Å². The van der Waals surface area contributed by atoms with Crippen LogP contribution in [0.25, 0.3) is 6.08 Å². The fourth-order valence-corrected chi connectivity index (χ4v) is 5.77. The third-order valence-corrected chi connectivity index (χ3v) is 8.19. The SMILES string of the molecule is NC(N)=Nc1ccc(CN(C(=O)c2ccc(N=C(N)N)cc2)C2CCN(S(=O)(=O)/C=C/c3ccc(Cl)cc3)C2)cc1. The molecule has 1 amide bonds. The summed E-state index contributed by atoms with van der Waals surface area (Å²) >= 11 is 5.92. The topological polar surface area (TPSA) is 186 Å². The largest absolute Gasteiger partial charge is 0.370 e. The third kappa shape index (κ3) is 8.07. The second kappa shape index (κ2) is 12.9. The van der Waals surface area contributed by atoms with Crippen molar-refractivity contribution < 1.29 is 13.2 Å². The van der Waals surface area contributed by atoms with Crippen LogP contribution in [0.1, 0.15) is 27.9 Å². The van der Waals surface area contributed by atoms with Crippen LogP contribution in [-0.4, -0.2) is 54.6 Å². The smallest absolute Gasteiger partial charge is 0.254 e. The lowest BCUT2D eigenvalue weighted by molar-refractivity contribution is 0.0671. The summed E-state index contributed by atoms with van der Waals surface area (Å²) in [6.45, 7) is 0.668. The van der Waals surface area contributed by atoms with Gasteiger partial charge in [0.05, 0.1) is 11.4 Å². The summed E-state index contributed by atoms with van der Waals surface area (Å²) in [7, 11) is -3.73. The van der Waals surface area contributed by atoms with Crippen LogP contribution in [0.4, 0.5) is 11.4 Å². The van der Waals surface area contributed by atoms with Crippen LogP contribution in [0.5, 0.6) is 0 Å². The maximum Gasteiger partial charge on any atom is 0.254 e. The number of aliphatic imine (C=N–C) groups is 2. The zero-order chi connectivity index (χ0) is 29.6. The lowest BCUT2D eigenvalue weighted by Gasteiger charge is -2.29. The molecular weight excluding hydrogens is 564 g/mol. The van der Waals surface area contributed by atoms with Crippen molar-refractivity contribution in [3.63, 3.8) is 0 Å². The Balaban J connectivity index is 1.57. The molecule has 1 atom stereocenters. The van der Waals surface area contributed by atoms with Crippen molar-refractivity contribution in [1.82, 2.24) is 9.21 Å². The molecule has 3 aromatic rings. The molecule has 41 heavy (non-hydrogen) atoms. The molecule has 214 valence electrons. The number of guanidine groups is 2. The van der Waals surface area contributed by atoms with E-state index in [4.69, 9.17) is 34.5 Å². The minimum absolute atomic E-state index is 0.0592. The van der Waals surface area contributed by atoms with Gasteiger partial charge in [0.15, 0.2) is 11.9 Å². The second-order valence-electron chi connectivity index (χ2n) is 9.42. The average molecular weight is 595 g/mol. The van der Waals surface area contributed by atoms with Crippen LogP contribution in [0.15, 0.2) is 88.2 Å². The molecule has 13 heteroatoms. The predicted molar refractivity (Wildman–Crippen MR) is 163 cm³/mol. The Bertz CT molecular complexity index is 1560. The minimum atomic E-state index is -3.73. The minimum Gasteiger partial charge on any atom is -0.370 e. The molecule has 1 saturated heterocycles. The first-order valence-electron chi connectivity index (χ1n) is 12.6. The van der Waals surface area contributed by atoms with Gasteiger partial charge >= 0.3 is 0 Å². The number of carbonyl (C=O) groups excluding carboxylic acids is 1. The molecule has 4 rings (SSSR count). The predicted octanol–water partition coefficient (Wildman–Crippen LogP) is 2.87. The lowest BCUT2D eigenvalue weighted by Crippen LogP contribution is -2.42. The molecule has 0 bridgehead atoms. The van der Waals surface area contributed by atoms with Crippen molar-refractivity contribution in [2.75, 3.05) is 13.1 Å². The van der Waals surface area contributed by atoms with Crippen molar-refractivity contribution in [3.05, 3.63) is 99.9 Å². The van der Waals surface area contributed by atoms with Crippen LogP contribution in [0.2, 0.25) is 5.02 Å². The van der Waals surface area contributed by atoms with Gasteiger partial charge in [-0.3, -0.25) is 4.79 Å². The molecular formula is C28H31ClN8O3S. The summed E-state index contributed by atoms with van der Waals surface area (Å²) in [5.41, 5.74) is 24.9. The first-order chi connectivity index (χ1) is 19.5. The van der Waals surface area contributed by atoms with E-state index in [2.05, 4.69) is 9.98 Å². The number of carbonyl (C=O) groups is 1. The highest BCUT2D eigenvalue weighted by Crippen LogP contribution is 2.25. The van der Waals surface area contributed by atoms with Crippen molar-refractivity contribution in [3.8, 4) is 0 Å². The summed E-state index contributed by atoms with van der Waals surface area (Å²) in [5, 5.41) is 1.74. The Kier molecular flexibility index (Phi) is 9.28. The highest BCUT2D eigenvalue weighted by molar-refractivity contribution is 7.92. The van der Waals surface area contributed by atoms with Crippen LogP contribution in [0, 0.1) is 0 Å². The summed E-state index contributed by atoms with van der Waals surface area (Å²) in [5.74, 6) is -0.404. The molecule has 1 aliphatic heterocycles. The molecule has 0 aliphatic carbocycles. The van der Waals surface area contributed by atoms with Crippen LogP contribution >= 0.6 is 11.6 Å². The number of amides is 1. The van der Waals surface area contributed by atoms with Gasteiger partial charge in [-0.05, 0) is 72.2 Å². The Morgan fingerprint density at radius 2 is 1.46 bits per heavy atom. The lowest BCUT2D eigenvalue weighted by atomic mass is 10.1. The van der Waals surface area contributed by atoms with E-state index < -0.39 is 10.0 Å². The van der Waals surface area contributed by atoms with Crippen molar-refractivity contribution in [1.29, 1.82) is 0 Å². The maximum absolute atomic E-state index is 13.8. The van der Waals surface area contributed by atoms with Crippen LogP contribution < -0.4 is 22.9 Å². The van der Waals surface area contributed by atoms with Gasteiger partial charge in [-0.2, -0.15) is 4.31 Å². The molecule has 8 N–H and O–H groups in total. The quantitative estimate of drug-likeness (QED) is 0.216. The second-order valence-corrected chi connectivity index (χ2v) is 11.7.